The van der Waals surface area contributed by atoms with Gasteiger partial charge in [-0.2, -0.15) is 0 Å². The molecule has 2 aromatic heterocycles. The predicted molar refractivity (Wildman–Crippen MR) is 97.2 cm³/mol. The number of aromatic nitrogens is 2. The third kappa shape index (κ3) is 3.54. The number of ether oxygens (including phenoxy) is 1. The van der Waals surface area contributed by atoms with E-state index in [1.165, 1.54) is 0 Å². The smallest absolute Gasteiger partial charge is 0.312 e. The lowest BCUT2D eigenvalue weighted by Crippen LogP contribution is -2.16. The van der Waals surface area contributed by atoms with E-state index < -0.39 is 5.97 Å². The van der Waals surface area contributed by atoms with Crippen LogP contribution in [0.3, 0.4) is 0 Å². The van der Waals surface area contributed by atoms with Crippen LogP contribution in [0.15, 0.2) is 34.9 Å². The maximum absolute atomic E-state index is 12.4. The zero-order valence-corrected chi connectivity index (χ0v) is 15.2. The van der Waals surface area contributed by atoms with Crippen molar-refractivity contribution in [2.75, 3.05) is 6.61 Å². The number of aryl methyl sites for hydroxylation is 1. The fraction of sp³-hybridized carbons (Fsp3) is 0.350. The molecule has 2 heterocycles. The number of benzene rings is 1. The monoisotopic (exact) mass is 354 g/mol. The minimum Gasteiger partial charge on any atom is -0.457 e. The van der Waals surface area contributed by atoms with Crippen LogP contribution in [-0.2, 0) is 22.5 Å². The molecule has 0 saturated carbocycles. The van der Waals surface area contributed by atoms with Gasteiger partial charge in [-0.25, -0.2) is 0 Å². The SMILES string of the molecule is CCCn1c(C)cc(C(=O)COC(=O)Cc2noc3ccccc23)c1C. The standard InChI is InChI=1S/C20H22N2O4/c1-4-9-22-13(2)10-16(14(22)3)18(23)12-25-20(24)11-17-15-7-5-6-8-19(15)26-21-17/h5-8,10H,4,9,11-12H2,1-3H3. The van der Waals surface area contributed by atoms with Crippen LogP contribution in [0.2, 0.25) is 0 Å². The maximum Gasteiger partial charge on any atom is 0.312 e. The summed E-state index contributed by atoms with van der Waals surface area (Å²) in [7, 11) is 0. The Morgan fingerprint density at radius 3 is 2.77 bits per heavy atom. The molecule has 6 nitrogen and oxygen atoms in total. The molecule has 0 radical (unpaired) electrons. The van der Waals surface area contributed by atoms with Gasteiger partial charge in [0.05, 0.1) is 6.42 Å². The first-order chi connectivity index (χ1) is 12.5. The average molecular weight is 354 g/mol. The van der Waals surface area contributed by atoms with Gasteiger partial charge in [0.25, 0.3) is 0 Å². The third-order valence-electron chi connectivity index (χ3n) is 4.45. The molecule has 26 heavy (non-hydrogen) atoms. The lowest BCUT2D eigenvalue weighted by Gasteiger charge is -2.08. The van der Waals surface area contributed by atoms with Gasteiger partial charge in [-0.15, -0.1) is 0 Å². The van der Waals surface area contributed by atoms with Crippen molar-refractivity contribution in [3.63, 3.8) is 0 Å². The average Bonchev–Trinajstić information content (AvgIpc) is 3.16. The zero-order chi connectivity index (χ0) is 18.7. The molecule has 0 unspecified atom stereocenters. The number of nitrogens with zero attached hydrogens (tertiary/aromatic N) is 2. The van der Waals surface area contributed by atoms with Gasteiger partial charge in [-0.05, 0) is 38.5 Å². The molecule has 3 rings (SSSR count). The fourth-order valence-corrected chi connectivity index (χ4v) is 3.13. The Morgan fingerprint density at radius 1 is 1.23 bits per heavy atom. The van der Waals surface area contributed by atoms with Gasteiger partial charge in [0.15, 0.2) is 12.2 Å². The number of ketones is 1. The minimum absolute atomic E-state index is 0.0286. The summed E-state index contributed by atoms with van der Waals surface area (Å²) in [4.78, 5) is 24.5. The van der Waals surface area contributed by atoms with Crippen LogP contribution in [0, 0.1) is 13.8 Å². The van der Waals surface area contributed by atoms with E-state index >= 15 is 0 Å². The molecule has 0 bridgehead atoms. The van der Waals surface area contributed by atoms with Crippen LogP contribution in [-0.4, -0.2) is 28.1 Å². The van der Waals surface area contributed by atoms with E-state index in [-0.39, 0.29) is 18.8 Å². The number of Topliss-reactive ketones (excluding diaryl/α,β-unsaturated/α-hetero) is 1. The molecule has 3 aromatic rings. The van der Waals surface area contributed by atoms with Crippen molar-refractivity contribution >= 4 is 22.7 Å². The number of carbonyl (C=O) groups is 2. The molecular weight excluding hydrogens is 332 g/mol. The largest absolute Gasteiger partial charge is 0.457 e. The molecule has 6 heteroatoms. The van der Waals surface area contributed by atoms with E-state index in [0.29, 0.717) is 16.8 Å². The van der Waals surface area contributed by atoms with Crippen molar-refractivity contribution in [1.82, 2.24) is 9.72 Å². The van der Waals surface area contributed by atoms with Crippen LogP contribution in [0.4, 0.5) is 0 Å². The molecule has 0 amide bonds. The second kappa shape index (κ2) is 7.56. The van der Waals surface area contributed by atoms with Crippen LogP contribution in [0.25, 0.3) is 11.0 Å². The zero-order valence-electron chi connectivity index (χ0n) is 15.2. The van der Waals surface area contributed by atoms with Gasteiger partial charge in [0.1, 0.15) is 5.69 Å². The van der Waals surface area contributed by atoms with Gasteiger partial charge in [0, 0.05) is 28.9 Å². The van der Waals surface area contributed by atoms with Crippen molar-refractivity contribution in [3.05, 3.63) is 53.0 Å². The van der Waals surface area contributed by atoms with Crippen molar-refractivity contribution in [3.8, 4) is 0 Å². The van der Waals surface area contributed by atoms with Crippen LogP contribution in [0.5, 0.6) is 0 Å². The van der Waals surface area contributed by atoms with Gasteiger partial charge in [-0.1, -0.05) is 24.2 Å². The quantitative estimate of drug-likeness (QED) is 0.478. The summed E-state index contributed by atoms with van der Waals surface area (Å²) in [6.45, 7) is 6.57. The number of para-hydroxylation sites is 1. The summed E-state index contributed by atoms with van der Waals surface area (Å²) in [5, 5.41) is 4.68. The fourth-order valence-electron chi connectivity index (χ4n) is 3.13. The first-order valence-corrected chi connectivity index (χ1v) is 8.70. The Labute approximate surface area is 151 Å². The van der Waals surface area contributed by atoms with Gasteiger partial charge in [-0.3, -0.25) is 9.59 Å². The van der Waals surface area contributed by atoms with E-state index in [0.717, 1.165) is 29.7 Å². The second-order valence-electron chi connectivity index (χ2n) is 6.32. The minimum atomic E-state index is -0.500. The normalized spacial score (nSPS) is 11.0. The third-order valence-corrected chi connectivity index (χ3v) is 4.45. The molecule has 0 N–H and O–H groups in total. The lowest BCUT2D eigenvalue weighted by atomic mass is 10.1. The molecule has 0 atom stereocenters. The number of hydrogen-bond acceptors (Lipinski definition) is 5. The summed E-state index contributed by atoms with van der Waals surface area (Å²) in [6, 6.07) is 9.16. The molecule has 136 valence electrons. The Morgan fingerprint density at radius 2 is 2.00 bits per heavy atom. The Hall–Kier alpha value is -2.89. The Kier molecular flexibility index (Phi) is 5.21. The summed E-state index contributed by atoms with van der Waals surface area (Å²) in [5.74, 6) is -0.696. The first kappa shape index (κ1) is 17.9. The highest BCUT2D eigenvalue weighted by atomic mass is 16.5. The highest BCUT2D eigenvalue weighted by molar-refractivity contribution is 5.99. The first-order valence-electron chi connectivity index (χ1n) is 8.70. The van der Waals surface area contributed by atoms with Crippen LogP contribution in [0.1, 0.15) is 40.8 Å². The number of hydrogen-bond donors (Lipinski definition) is 0. The molecule has 0 fully saturated rings. The number of esters is 1. The van der Waals surface area contributed by atoms with Crippen LogP contribution >= 0.6 is 0 Å². The Balaban J connectivity index is 1.63. The predicted octanol–water partition coefficient (Wildman–Crippen LogP) is 3.62. The van der Waals surface area contributed by atoms with E-state index in [9.17, 15) is 9.59 Å². The van der Waals surface area contributed by atoms with Gasteiger partial charge < -0.3 is 13.8 Å². The summed E-state index contributed by atoms with van der Waals surface area (Å²) in [6.07, 6.45) is 0.962. The van der Waals surface area contributed by atoms with Gasteiger partial charge in [0.2, 0.25) is 5.78 Å². The van der Waals surface area contributed by atoms with Crippen molar-refractivity contribution < 1.29 is 18.8 Å². The number of fused-ring (bicyclic) bond motifs is 1. The lowest BCUT2D eigenvalue weighted by molar-refractivity contribution is -0.141. The molecule has 0 saturated heterocycles. The molecule has 0 aliphatic carbocycles. The van der Waals surface area contributed by atoms with E-state index in [2.05, 4.69) is 16.6 Å². The van der Waals surface area contributed by atoms with E-state index in [1.54, 1.807) is 6.07 Å². The number of rotatable bonds is 7. The second-order valence-corrected chi connectivity index (χ2v) is 6.32. The van der Waals surface area contributed by atoms with Crippen molar-refractivity contribution in [2.45, 2.75) is 40.2 Å². The highest BCUT2D eigenvalue weighted by Crippen LogP contribution is 2.19. The topological polar surface area (TPSA) is 74.3 Å². The van der Waals surface area contributed by atoms with Crippen molar-refractivity contribution in [1.29, 1.82) is 0 Å². The van der Waals surface area contributed by atoms with E-state index in [1.807, 2.05) is 38.1 Å². The number of carbonyl (C=O) groups excluding carboxylic acids is 2. The summed E-state index contributed by atoms with van der Waals surface area (Å²) >= 11 is 0. The summed E-state index contributed by atoms with van der Waals surface area (Å²) in [5.41, 5.74) is 3.69. The molecule has 1 aromatic carbocycles. The van der Waals surface area contributed by atoms with Crippen molar-refractivity contribution in [2.24, 2.45) is 0 Å². The molecular formula is C20H22N2O4. The molecule has 0 aliphatic heterocycles. The molecule has 0 aliphatic rings. The maximum atomic E-state index is 12.4. The highest BCUT2D eigenvalue weighted by Gasteiger charge is 2.18. The Bertz CT molecular complexity index is 952. The molecule has 0 spiro atoms. The van der Waals surface area contributed by atoms with Crippen LogP contribution < -0.4 is 0 Å². The van der Waals surface area contributed by atoms with E-state index in [4.69, 9.17) is 9.26 Å². The van der Waals surface area contributed by atoms with Gasteiger partial charge >= 0.3 is 5.97 Å². The summed E-state index contributed by atoms with van der Waals surface area (Å²) < 4.78 is 12.4.